The Morgan fingerprint density at radius 1 is 0.857 bits per heavy atom. The second-order valence-electron chi connectivity index (χ2n) is 11.1. The number of allylic oxidation sites excluding steroid dienone is 2. The number of unbranched alkanes of at least 4 members (excludes halogenated alkanes) is 3. The molecule has 0 saturated carbocycles. The summed E-state index contributed by atoms with van der Waals surface area (Å²) in [5.74, 6) is 1.46. The Labute approximate surface area is 222 Å². The third-order valence-corrected chi connectivity index (χ3v) is 25.8. The number of rotatable bonds is 19. The number of carbonyl (C=O) groups is 2. The van der Waals surface area contributed by atoms with Gasteiger partial charge in [-0.2, -0.15) is 0 Å². The van der Waals surface area contributed by atoms with Crippen LogP contribution in [0, 0.1) is 17.8 Å². The van der Waals surface area contributed by atoms with E-state index in [1.807, 2.05) is 0 Å². The van der Waals surface area contributed by atoms with E-state index in [9.17, 15) is 9.59 Å². The molecule has 6 heteroatoms. The summed E-state index contributed by atoms with van der Waals surface area (Å²) in [5, 5.41) is 1.52. The van der Waals surface area contributed by atoms with E-state index in [1.165, 1.54) is 61.5 Å². The van der Waals surface area contributed by atoms with Crippen molar-refractivity contribution in [2.75, 3.05) is 13.2 Å². The molecule has 0 atom stereocenters. The van der Waals surface area contributed by atoms with E-state index < -0.39 is 43.8 Å². The average molecular weight is 614 g/mol. The van der Waals surface area contributed by atoms with Gasteiger partial charge >= 0.3 is 223 Å². The van der Waals surface area contributed by atoms with Crippen LogP contribution in [0.1, 0.15) is 86.0 Å². The number of terminal acetylenes is 1. The minimum atomic E-state index is -2.46. The Hall–Kier alpha value is -0.744. The van der Waals surface area contributed by atoms with Crippen LogP contribution in [0.25, 0.3) is 0 Å². The molecule has 0 amide bonds. The monoisotopic (exact) mass is 614 g/mol. The second kappa shape index (κ2) is 17.7. The van der Waals surface area contributed by atoms with Crippen LogP contribution in [-0.4, -0.2) is 51.6 Å². The summed E-state index contributed by atoms with van der Waals surface area (Å²) in [6.45, 7) is 18.0. The number of esters is 2. The molecule has 0 fully saturated rings. The fourth-order valence-electron chi connectivity index (χ4n) is 4.82. The Balaban J connectivity index is 6.53. The van der Waals surface area contributed by atoms with Crippen molar-refractivity contribution in [1.29, 1.82) is 0 Å². The van der Waals surface area contributed by atoms with Crippen LogP contribution in [0.4, 0.5) is 0 Å². The first-order chi connectivity index (χ1) is 16.5. The zero-order valence-electron chi connectivity index (χ0n) is 24.2. The van der Waals surface area contributed by atoms with Gasteiger partial charge in [-0.3, -0.25) is 0 Å². The van der Waals surface area contributed by atoms with Gasteiger partial charge < -0.3 is 0 Å². The van der Waals surface area contributed by atoms with Crippen LogP contribution in [0.15, 0.2) is 11.3 Å². The van der Waals surface area contributed by atoms with Crippen molar-refractivity contribution >= 4 is 38.4 Å². The molecule has 0 aromatic heterocycles. The third kappa shape index (κ3) is 11.5. The van der Waals surface area contributed by atoms with Gasteiger partial charge in [0.2, 0.25) is 0 Å². The zero-order valence-corrected chi connectivity index (χ0v) is 28.0. The van der Waals surface area contributed by atoms with Crippen LogP contribution in [-0.2, 0) is 19.1 Å². The van der Waals surface area contributed by atoms with Crippen molar-refractivity contribution in [3.05, 3.63) is 11.3 Å². The standard InChI is InChI=1S/C17H27O4Si.3C4H9.Sn/c1-8-12-17(15(18)20-9-2,16(19)21-10-3)13-11-14(4)22(5,6)7;3*1-3-4-2;/h1,11H,4,9-10,12-13H2,2-3,5-7H3;3*1,3-4H2,2H3;/b14-11-;;;;. The fraction of sp³-hybridized carbons (Fsp3) is 0.793. The van der Waals surface area contributed by atoms with Gasteiger partial charge in [0.25, 0.3) is 0 Å². The Morgan fingerprint density at radius 2 is 1.29 bits per heavy atom. The van der Waals surface area contributed by atoms with Gasteiger partial charge in [-0.05, 0) is 0 Å². The summed E-state index contributed by atoms with van der Waals surface area (Å²) in [4.78, 5) is 26.2. The molecule has 0 radical (unpaired) electrons. The zero-order chi connectivity index (χ0) is 27.0. The van der Waals surface area contributed by atoms with E-state index in [4.69, 9.17) is 15.9 Å². The Morgan fingerprint density at radius 3 is 1.60 bits per heavy atom. The van der Waals surface area contributed by atoms with Gasteiger partial charge in [0.1, 0.15) is 0 Å². The summed E-state index contributed by atoms with van der Waals surface area (Å²) < 4.78 is 16.3. The number of hydrogen-bond acceptors (Lipinski definition) is 4. The fourth-order valence-corrected chi connectivity index (χ4v) is 28.9. The van der Waals surface area contributed by atoms with Gasteiger partial charge in [-0.25, -0.2) is 0 Å². The molecule has 35 heavy (non-hydrogen) atoms. The predicted molar refractivity (Wildman–Crippen MR) is 155 cm³/mol. The summed E-state index contributed by atoms with van der Waals surface area (Å²) in [6.07, 6.45) is 15.9. The quantitative estimate of drug-likeness (QED) is 0.0639. The molecule has 0 saturated heterocycles. The van der Waals surface area contributed by atoms with Crippen molar-refractivity contribution < 1.29 is 19.1 Å². The average Bonchev–Trinajstić information content (AvgIpc) is 2.81. The Bertz CT molecular complexity index is 663. The molecule has 202 valence electrons. The molecule has 0 N–H and O–H groups in total. The molecular weight excluding hydrogens is 559 g/mol. The first-order valence-electron chi connectivity index (χ1n) is 14.0. The van der Waals surface area contributed by atoms with Crippen LogP contribution in [0.3, 0.4) is 0 Å². The van der Waals surface area contributed by atoms with Crippen LogP contribution in [0.5, 0.6) is 0 Å². The molecule has 0 bridgehead atoms. The van der Waals surface area contributed by atoms with Gasteiger partial charge in [-0.15, -0.1) is 0 Å². The van der Waals surface area contributed by atoms with Crippen LogP contribution < -0.4 is 0 Å². The molecule has 0 aliphatic rings. The van der Waals surface area contributed by atoms with E-state index in [2.05, 4.69) is 52.4 Å². The molecule has 0 aromatic carbocycles. The molecule has 0 aliphatic carbocycles. The van der Waals surface area contributed by atoms with E-state index in [0.717, 1.165) is 0 Å². The van der Waals surface area contributed by atoms with Gasteiger partial charge in [0.05, 0.1) is 0 Å². The molecule has 0 rings (SSSR count). The molecule has 0 spiro atoms. The number of carbonyl (C=O) groups excluding carboxylic acids is 2. The second-order valence-corrected chi connectivity index (χ2v) is 30.1. The predicted octanol–water partition coefficient (Wildman–Crippen LogP) is 8.17. The summed E-state index contributed by atoms with van der Waals surface area (Å²) in [7, 11) is -1.69. The van der Waals surface area contributed by atoms with E-state index in [-0.39, 0.29) is 26.1 Å². The summed E-state index contributed by atoms with van der Waals surface area (Å²) in [6, 6.07) is 0. The molecule has 0 aliphatic heterocycles. The summed E-state index contributed by atoms with van der Waals surface area (Å²) in [5.41, 5.74) is -1.46. The molecule has 0 aromatic rings. The number of hydrogen-bond donors (Lipinski definition) is 0. The number of ether oxygens (including phenoxy) is 2. The van der Waals surface area contributed by atoms with Crippen molar-refractivity contribution in [2.45, 2.75) is 123 Å². The van der Waals surface area contributed by atoms with E-state index >= 15 is 0 Å². The van der Waals surface area contributed by atoms with Crippen LogP contribution >= 0.6 is 0 Å². The Kier molecular flexibility index (Phi) is 17.3. The molecule has 0 heterocycles. The molecule has 4 nitrogen and oxygen atoms in total. The van der Waals surface area contributed by atoms with Crippen molar-refractivity contribution in [3.63, 3.8) is 0 Å². The SMILES string of the molecule is C#CCC(C/C=C(/[CH2][Sn]([CH2]CCC)([CH2]CCC)[CH2]CCC)[Si](C)(C)C)(C(=O)OCC)C(=O)OCC. The molecule has 0 unspecified atom stereocenters. The van der Waals surface area contributed by atoms with E-state index in [0.29, 0.717) is 0 Å². The van der Waals surface area contributed by atoms with Gasteiger partial charge in [0, 0.05) is 0 Å². The van der Waals surface area contributed by atoms with Crippen molar-refractivity contribution in [2.24, 2.45) is 5.41 Å². The van der Waals surface area contributed by atoms with E-state index in [1.54, 1.807) is 13.8 Å². The first kappa shape index (κ1) is 34.3. The third-order valence-electron chi connectivity index (χ3n) is 7.14. The van der Waals surface area contributed by atoms with Crippen molar-refractivity contribution in [3.8, 4) is 12.3 Å². The van der Waals surface area contributed by atoms with Gasteiger partial charge in [-0.1, -0.05) is 0 Å². The topological polar surface area (TPSA) is 52.6 Å². The maximum atomic E-state index is 13.1. The van der Waals surface area contributed by atoms with Gasteiger partial charge in [0.15, 0.2) is 0 Å². The summed E-state index contributed by atoms with van der Waals surface area (Å²) >= 11 is -2.46. The van der Waals surface area contributed by atoms with Crippen molar-refractivity contribution in [1.82, 2.24) is 0 Å². The molecular formula is C29H54O4SiSn. The first-order valence-corrected chi connectivity index (χ1v) is 25.6. The van der Waals surface area contributed by atoms with Crippen LogP contribution in [0.2, 0.25) is 37.4 Å². The minimum absolute atomic E-state index is 0.00390. The normalized spacial score (nSPS) is 12.8. The maximum absolute atomic E-state index is 13.1.